The molecule has 1 aromatic heterocycles. The largest absolute Gasteiger partial charge is 0.534 e. The van der Waals surface area contributed by atoms with Crippen molar-refractivity contribution in [3.63, 3.8) is 0 Å². The number of hydrogen-bond acceptors (Lipinski definition) is 7. The summed E-state index contributed by atoms with van der Waals surface area (Å²) < 4.78 is 69.6. The molecule has 0 saturated carbocycles. The van der Waals surface area contributed by atoms with Gasteiger partial charge >= 0.3 is 21.6 Å². The molecule has 2 rings (SSSR count). The molecule has 1 N–H and O–H groups in total. The Bertz CT molecular complexity index is 960. The maximum absolute atomic E-state index is 12.7. The van der Waals surface area contributed by atoms with Crippen LogP contribution in [0.2, 0.25) is 0 Å². The van der Waals surface area contributed by atoms with Crippen molar-refractivity contribution in [3.8, 4) is 5.88 Å². The highest BCUT2D eigenvalue weighted by atomic mass is 32.2. The van der Waals surface area contributed by atoms with E-state index in [-0.39, 0.29) is 22.8 Å². The van der Waals surface area contributed by atoms with Crippen molar-refractivity contribution >= 4 is 32.7 Å². The highest BCUT2D eigenvalue weighted by Gasteiger charge is 2.49. The van der Waals surface area contributed by atoms with Crippen LogP contribution < -0.4 is 9.50 Å². The minimum atomic E-state index is -5.89. The van der Waals surface area contributed by atoms with Crippen LogP contribution in [-0.4, -0.2) is 38.0 Å². The Kier molecular flexibility index (Phi) is 5.83. The van der Waals surface area contributed by atoms with Crippen LogP contribution in [-0.2, 0) is 14.9 Å². The van der Waals surface area contributed by atoms with Gasteiger partial charge in [-0.2, -0.15) is 21.6 Å². The summed E-state index contributed by atoms with van der Waals surface area (Å²) in [5, 5.41) is 3.24. The first-order chi connectivity index (χ1) is 12.5. The van der Waals surface area contributed by atoms with Gasteiger partial charge in [0.15, 0.2) is 0 Å². The van der Waals surface area contributed by atoms with Gasteiger partial charge < -0.3 is 14.2 Å². The number of rotatable bonds is 6. The molecule has 0 bridgehead atoms. The van der Waals surface area contributed by atoms with Crippen LogP contribution in [0.3, 0.4) is 0 Å². The van der Waals surface area contributed by atoms with Crippen LogP contribution in [0.25, 0.3) is 10.9 Å². The van der Waals surface area contributed by atoms with Gasteiger partial charge in [0.25, 0.3) is 5.88 Å². The lowest BCUT2D eigenvalue weighted by Crippen LogP contribution is -2.29. The third-order valence-electron chi connectivity index (χ3n) is 3.69. The number of anilines is 1. The fourth-order valence-corrected chi connectivity index (χ4v) is 2.52. The molecule has 0 amide bonds. The van der Waals surface area contributed by atoms with E-state index in [1.54, 1.807) is 6.92 Å². The molecule has 0 spiro atoms. The van der Waals surface area contributed by atoms with E-state index in [1.165, 1.54) is 31.4 Å². The Hall–Kier alpha value is -2.56. The summed E-state index contributed by atoms with van der Waals surface area (Å²) in [5.74, 6) is -1.33. The van der Waals surface area contributed by atoms with E-state index in [4.69, 9.17) is 0 Å². The van der Waals surface area contributed by atoms with Crippen LogP contribution >= 0.6 is 0 Å². The Morgan fingerprint density at radius 1 is 1.30 bits per heavy atom. The molecule has 0 aliphatic heterocycles. The van der Waals surface area contributed by atoms with Gasteiger partial charge in [-0.1, -0.05) is 6.92 Å². The van der Waals surface area contributed by atoms with Gasteiger partial charge in [-0.05, 0) is 37.6 Å². The molecular formula is C16H17F3N2O5S. The smallest absolute Gasteiger partial charge is 0.465 e. The molecule has 0 saturated heterocycles. The predicted molar refractivity (Wildman–Crippen MR) is 92.1 cm³/mol. The highest BCUT2D eigenvalue weighted by molar-refractivity contribution is 7.88. The third kappa shape index (κ3) is 4.59. The van der Waals surface area contributed by atoms with E-state index < -0.39 is 27.5 Å². The second-order valence-electron chi connectivity index (χ2n) is 5.68. The fraction of sp³-hybridized carbons (Fsp3) is 0.375. The SMILES string of the molecule is CC[C@H](C)Nc1cc2cc(C(=O)OC)ccc2nc1OS(=O)(=O)C(F)(F)F. The van der Waals surface area contributed by atoms with Crippen molar-refractivity contribution in [2.75, 3.05) is 12.4 Å². The number of nitrogens with one attached hydrogen (secondary N) is 1. The lowest BCUT2D eigenvalue weighted by molar-refractivity contribution is -0.0501. The van der Waals surface area contributed by atoms with Crippen molar-refractivity contribution < 1.29 is 35.3 Å². The Labute approximate surface area is 153 Å². The summed E-state index contributed by atoms with van der Waals surface area (Å²) in [6, 6.07) is 5.29. The number of hydrogen-bond donors (Lipinski definition) is 1. The zero-order valence-electron chi connectivity index (χ0n) is 14.6. The predicted octanol–water partition coefficient (Wildman–Crippen LogP) is 3.46. The van der Waals surface area contributed by atoms with Crippen LogP contribution in [0.5, 0.6) is 5.88 Å². The lowest BCUT2D eigenvalue weighted by Gasteiger charge is -2.17. The maximum atomic E-state index is 12.7. The molecule has 0 fully saturated rings. The first kappa shape index (κ1) is 20.7. The minimum absolute atomic E-state index is 0.0494. The number of carbonyl (C=O) groups excluding carboxylic acids is 1. The number of methoxy groups -OCH3 is 1. The molecule has 0 unspecified atom stereocenters. The summed E-state index contributed by atoms with van der Waals surface area (Å²) in [7, 11) is -4.68. The highest BCUT2D eigenvalue weighted by Crippen LogP contribution is 2.33. The van der Waals surface area contributed by atoms with Gasteiger partial charge in [0, 0.05) is 11.4 Å². The number of ether oxygens (including phenoxy) is 1. The number of carbonyl (C=O) groups is 1. The molecule has 0 aliphatic rings. The summed E-state index contributed by atoms with van der Waals surface area (Å²) in [6.45, 7) is 3.57. The number of benzene rings is 1. The monoisotopic (exact) mass is 406 g/mol. The number of aromatic nitrogens is 1. The number of alkyl halides is 3. The molecule has 27 heavy (non-hydrogen) atoms. The average molecular weight is 406 g/mol. The van der Waals surface area contributed by atoms with Gasteiger partial charge in [0.1, 0.15) is 0 Å². The first-order valence-corrected chi connectivity index (χ1v) is 9.19. The molecule has 1 heterocycles. The van der Waals surface area contributed by atoms with Crippen LogP contribution in [0, 0.1) is 0 Å². The Morgan fingerprint density at radius 2 is 1.96 bits per heavy atom. The van der Waals surface area contributed by atoms with E-state index in [9.17, 15) is 26.4 Å². The van der Waals surface area contributed by atoms with E-state index >= 15 is 0 Å². The number of nitrogens with zero attached hydrogens (tertiary/aromatic N) is 1. The molecule has 11 heteroatoms. The minimum Gasteiger partial charge on any atom is -0.465 e. The average Bonchev–Trinajstić information content (AvgIpc) is 2.59. The van der Waals surface area contributed by atoms with Gasteiger partial charge in [-0.15, -0.1) is 0 Å². The Morgan fingerprint density at radius 3 is 2.52 bits per heavy atom. The second kappa shape index (κ2) is 7.59. The van der Waals surface area contributed by atoms with E-state index in [0.717, 1.165) is 0 Å². The third-order valence-corrected chi connectivity index (χ3v) is 4.63. The van der Waals surface area contributed by atoms with Crippen molar-refractivity contribution in [1.82, 2.24) is 4.98 Å². The van der Waals surface area contributed by atoms with E-state index in [1.807, 2.05) is 6.92 Å². The molecule has 1 aromatic carbocycles. The van der Waals surface area contributed by atoms with E-state index in [2.05, 4.69) is 19.2 Å². The normalized spacial score (nSPS) is 13.3. The van der Waals surface area contributed by atoms with Gasteiger partial charge in [-0.3, -0.25) is 0 Å². The number of fused-ring (bicyclic) bond motifs is 1. The fourth-order valence-electron chi connectivity index (χ4n) is 2.09. The number of halogens is 3. The molecule has 0 aliphatic carbocycles. The topological polar surface area (TPSA) is 94.6 Å². The molecule has 148 valence electrons. The van der Waals surface area contributed by atoms with Gasteiger partial charge in [0.2, 0.25) is 0 Å². The lowest BCUT2D eigenvalue weighted by atomic mass is 10.1. The zero-order valence-corrected chi connectivity index (χ0v) is 15.4. The maximum Gasteiger partial charge on any atom is 0.534 e. The first-order valence-electron chi connectivity index (χ1n) is 7.79. The van der Waals surface area contributed by atoms with E-state index in [0.29, 0.717) is 11.8 Å². The molecule has 0 radical (unpaired) electrons. The number of esters is 1. The van der Waals surface area contributed by atoms with Crippen molar-refractivity contribution in [2.24, 2.45) is 0 Å². The quantitative estimate of drug-likeness (QED) is 0.446. The zero-order chi connectivity index (χ0) is 20.4. The summed E-state index contributed by atoms with van der Waals surface area (Å²) in [4.78, 5) is 15.5. The van der Waals surface area contributed by atoms with Crippen molar-refractivity contribution in [2.45, 2.75) is 31.8 Å². The van der Waals surface area contributed by atoms with Crippen molar-refractivity contribution in [3.05, 3.63) is 29.8 Å². The standard InChI is InChI=1S/C16H17F3N2O5S/c1-4-9(2)20-13-8-11-7-10(15(22)25-3)5-6-12(11)21-14(13)26-27(23,24)16(17,18)19/h5-9,20H,4H2,1-3H3/t9-/m0/s1. The van der Waals surface area contributed by atoms with Crippen molar-refractivity contribution in [1.29, 1.82) is 0 Å². The summed E-state index contributed by atoms with van der Waals surface area (Å²) in [5.41, 5.74) is -5.29. The van der Waals surface area contributed by atoms with Gasteiger partial charge in [-0.25, -0.2) is 9.78 Å². The summed E-state index contributed by atoms with van der Waals surface area (Å²) >= 11 is 0. The molecular weight excluding hydrogens is 389 g/mol. The number of pyridine rings is 1. The Balaban J connectivity index is 2.60. The van der Waals surface area contributed by atoms with Crippen LogP contribution in [0.15, 0.2) is 24.3 Å². The van der Waals surface area contributed by atoms with Crippen LogP contribution in [0.4, 0.5) is 18.9 Å². The van der Waals surface area contributed by atoms with Gasteiger partial charge in [0.05, 0.1) is 23.9 Å². The second-order valence-corrected chi connectivity index (χ2v) is 7.21. The molecule has 1 atom stereocenters. The molecule has 2 aromatic rings. The molecule has 7 nitrogen and oxygen atoms in total. The van der Waals surface area contributed by atoms with Crippen LogP contribution in [0.1, 0.15) is 30.6 Å². The summed E-state index contributed by atoms with van der Waals surface area (Å²) in [6.07, 6.45) is 0.603.